The Labute approximate surface area is 125 Å². The summed E-state index contributed by atoms with van der Waals surface area (Å²) in [6, 6.07) is 5.18. The molecule has 0 unspecified atom stereocenters. The molecular weight excluding hydrogens is 331 g/mol. The van der Waals surface area contributed by atoms with E-state index in [2.05, 4.69) is 5.10 Å². The van der Waals surface area contributed by atoms with E-state index in [9.17, 15) is 8.42 Å². The Bertz CT molecular complexity index is 754. The molecule has 2 rings (SSSR count). The van der Waals surface area contributed by atoms with Crippen LogP contribution in [0.5, 0.6) is 0 Å². The molecule has 0 radical (unpaired) electrons. The highest BCUT2D eigenvalue weighted by Crippen LogP contribution is 2.31. The molecule has 0 bridgehead atoms. The molecule has 8 heteroatoms. The first-order valence-corrected chi connectivity index (χ1v) is 8.24. The van der Waals surface area contributed by atoms with Gasteiger partial charge >= 0.3 is 0 Å². The molecular formula is C11H9Cl3N2O2S. The van der Waals surface area contributed by atoms with Gasteiger partial charge in [0, 0.05) is 15.7 Å². The molecule has 0 aliphatic rings. The Hall–Kier alpha value is -0.750. The van der Waals surface area contributed by atoms with E-state index in [0.717, 1.165) is 5.56 Å². The van der Waals surface area contributed by atoms with Gasteiger partial charge in [0.05, 0.1) is 11.4 Å². The summed E-state index contributed by atoms with van der Waals surface area (Å²) in [7, 11) is 1.39. The van der Waals surface area contributed by atoms with Crippen LogP contribution < -0.4 is 0 Å². The third-order valence-electron chi connectivity index (χ3n) is 2.60. The van der Waals surface area contributed by atoms with Crippen molar-refractivity contribution in [1.29, 1.82) is 0 Å². The fourth-order valence-corrected chi connectivity index (χ4v) is 3.75. The highest BCUT2D eigenvalue weighted by Gasteiger charge is 2.24. The predicted octanol–water partition coefficient (Wildman–Crippen LogP) is 3.72. The number of rotatable bonds is 2. The number of benzene rings is 1. The molecule has 0 aliphatic carbocycles. The van der Waals surface area contributed by atoms with Crippen LogP contribution in [-0.2, 0) is 9.05 Å². The first-order chi connectivity index (χ1) is 8.71. The summed E-state index contributed by atoms with van der Waals surface area (Å²) in [6.07, 6.45) is 0. The predicted molar refractivity (Wildman–Crippen MR) is 76.1 cm³/mol. The fraction of sp³-hybridized carbons (Fsp3) is 0.182. The summed E-state index contributed by atoms with van der Waals surface area (Å²) in [6.45, 7) is 3.38. The lowest BCUT2D eigenvalue weighted by atomic mass is 10.2. The first-order valence-electron chi connectivity index (χ1n) is 5.18. The number of nitrogens with zero attached hydrogens (tertiary/aromatic N) is 2. The second-order valence-electron chi connectivity index (χ2n) is 3.99. The van der Waals surface area contributed by atoms with Crippen molar-refractivity contribution in [3.8, 4) is 5.69 Å². The summed E-state index contributed by atoms with van der Waals surface area (Å²) >= 11 is 12.1. The van der Waals surface area contributed by atoms with Crippen LogP contribution in [0.1, 0.15) is 11.3 Å². The van der Waals surface area contributed by atoms with Gasteiger partial charge in [-0.05, 0) is 31.5 Å². The summed E-state index contributed by atoms with van der Waals surface area (Å²) in [5, 5.41) is 4.56. The van der Waals surface area contributed by atoms with Gasteiger partial charge < -0.3 is 0 Å². The second-order valence-corrected chi connectivity index (χ2v) is 7.26. The van der Waals surface area contributed by atoms with Crippen molar-refractivity contribution in [2.24, 2.45) is 0 Å². The van der Waals surface area contributed by atoms with Crippen molar-refractivity contribution in [2.45, 2.75) is 18.7 Å². The molecule has 2 aromatic rings. The van der Waals surface area contributed by atoms with Crippen LogP contribution in [0.15, 0.2) is 23.1 Å². The van der Waals surface area contributed by atoms with Crippen LogP contribution in [0, 0.1) is 13.8 Å². The van der Waals surface area contributed by atoms with Crippen molar-refractivity contribution in [3.63, 3.8) is 0 Å². The highest BCUT2D eigenvalue weighted by molar-refractivity contribution is 8.13. The lowest BCUT2D eigenvalue weighted by molar-refractivity contribution is 0.609. The monoisotopic (exact) mass is 338 g/mol. The average molecular weight is 340 g/mol. The highest BCUT2D eigenvalue weighted by atomic mass is 35.7. The van der Waals surface area contributed by atoms with E-state index in [-0.39, 0.29) is 15.7 Å². The molecule has 1 heterocycles. The number of aryl methyl sites for hydroxylation is 2. The van der Waals surface area contributed by atoms with Crippen LogP contribution in [0.25, 0.3) is 5.69 Å². The summed E-state index contributed by atoms with van der Waals surface area (Å²) < 4.78 is 24.2. The van der Waals surface area contributed by atoms with Gasteiger partial charge in [-0.2, -0.15) is 5.10 Å². The Balaban J connectivity index is 2.68. The Morgan fingerprint density at radius 3 is 2.32 bits per heavy atom. The summed E-state index contributed by atoms with van der Waals surface area (Å²) in [4.78, 5) is -0.187. The molecule has 0 N–H and O–H groups in total. The van der Waals surface area contributed by atoms with E-state index in [1.807, 2.05) is 6.92 Å². The minimum absolute atomic E-state index is 0.0626. The zero-order valence-electron chi connectivity index (χ0n) is 9.99. The normalized spacial score (nSPS) is 11.8. The molecule has 1 aromatic carbocycles. The van der Waals surface area contributed by atoms with E-state index < -0.39 is 9.05 Å². The molecule has 19 heavy (non-hydrogen) atoms. The van der Waals surface area contributed by atoms with Gasteiger partial charge in [0.1, 0.15) is 4.90 Å². The topological polar surface area (TPSA) is 52.0 Å². The Kier molecular flexibility index (Phi) is 3.84. The van der Waals surface area contributed by atoms with Gasteiger partial charge in [-0.15, -0.1) is 0 Å². The van der Waals surface area contributed by atoms with Crippen molar-refractivity contribution >= 4 is 42.9 Å². The molecule has 1 aromatic heterocycles. The molecule has 4 nitrogen and oxygen atoms in total. The van der Waals surface area contributed by atoms with Gasteiger partial charge in [0.15, 0.2) is 5.15 Å². The maximum atomic E-state index is 11.4. The third-order valence-corrected chi connectivity index (χ3v) is 4.90. The van der Waals surface area contributed by atoms with Crippen LogP contribution in [0.3, 0.4) is 0 Å². The molecule has 0 aliphatic heterocycles. The van der Waals surface area contributed by atoms with Crippen LogP contribution in [0.4, 0.5) is 0 Å². The maximum absolute atomic E-state index is 11.4. The minimum atomic E-state index is -3.95. The Morgan fingerprint density at radius 1 is 1.21 bits per heavy atom. The quantitative estimate of drug-likeness (QED) is 0.783. The minimum Gasteiger partial charge on any atom is -0.220 e. The SMILES string of the molecule is Cc1ccc(-n2nc(C)c(S(=O)(=O)Cl)c2Cl)cc1Cl. The van der Waals surface area contributed by atoms with Gasteiger partial charge in [0.25, 0.3) is 9.05 Å². The van der Waals surface area contributed by atoms with Gasteiger partial charge in [-0.25, -0.2) is 13.1 Å². The third kappa shape index (κ3) is 2.74. The second kappa shape index (κ2) is 4.98. The fourth-order valence-electron chi connectivity index (χ4n) is 1.65. The summed E-state index contributed by atoms with van der Waals surface area (Å²) in [5.74, 6) is 0. The molecule has 0 spiro atoms. The van der Waals surface area contributed by atoms with Crippen LogP contribution in [0.2, 0.25) is 10.2 Å². The number of aromatic nitrogens is 2. The van der Waals surface area contributed by atoms with Crippen molar-refractivity contribution in [3.05, 3.63) is 39.6 Å². The van der Waals surface area contributed by atoms with Crippen LogP contribution >= 0.6 is 33.9 Å². The van der Waals surface area contributed by atoms with E-state index in [4.69, 9.17) is 33.9 Å². The number of halogens is 3. The molecule has 0 saturated carbocycles. The zero-order chi connectivity index (χ0) is 14.4. The van der Waals surface area contributed by atoms with E-state index in [0.29, 0.717) is 10.7 Å². The van der Waals surface area contributed by atoms with Crippen molar-refractivity contribution < 1.29 is 8.42 Å². The number of hydrogen-bond acceptors (Lipinski definition) is 3. The van der Waals surface area contributed by atoms with Crippen LogP contribution in [-0.4, -0.2) is 18.2 Å². The number of hydrogen-bond donors (Lipinski definition) is 0. The lowest BCUT2D eigenvalue weighted by Crippen LogP contribution is -1.97. The molecule has 102 valence electrons. The van der Waals surface area contributed by atoms with Gasteiger partial charge in [0.2, 0.25) is 0 Å². The lowest BCUT2D eigenvalue weighted by Gasteiger charge is -2.05. The molecule has 0 atom stereocenters. The molecule has 0 fully saturated rings. The van der Waals surface area contributed by atoms with Crippen molar-refractivity contribution in [2.75, 3.05) is 0 Å². The standard InChI is InChI=1S/C11H9Cl3N2O2S/c1-6-3-4-8(5-9(6)12)16-11(13)10(7(2)15-16)19(14,17)18/h3-5H,1-2H3. The van der Waals surface area contributed by atoms with Gasteiger partial charge in [-0.3, -0.25) is 0 Å². The smallest absolute Gasteiger partial charge is 0.220 e. The van der Waals surface area contributed by atoms with E-state index >= 15 is 0 Å². The average Bonchev–Trinajstić information content (AvgIpc) is 2.57. The Morgan fingerprint density at radius 2 is 1.84 bits per heavy atom. The van der Waals surface area contributed by atoms with E-state index in [1.54, 1.807) is 18.2 Å². The van der Waals surface area contributed by atoms with Crippen molar-refractivity contribution in [1.82, 2.24) is 9.78 Å². The molecule has 0 amide bonds. The largest absolute Gasteiger partial charge is 0.266 e. The zero-order valence-corrected chi connectivity index (χ0v) is 13.1. The van der Waals surface area contributed by atoms with E-state index in [1.165, 1.54) is 11.6 Å². The first kappa shape index (κ1) is 14.7. The molecule has 0 saturated heterocycles. The summed E-state index contributed by atoms with van der Waals surface area (Å²) in [5.41, 5.74) is 1.70. The maximum Gasteiger partial charge on any atom is 0.266 e. The van der Waals surface area contributed by atoms with Gasteiger partial charge in [-0.1, -0.05) is 29.3 Å².